The molecule has 0 heterocycles. The molecule has 0 aliphatic carbocycles. The lowest BCUT2D eigenvalue weighted by Gasteiger charge is -2.45. The van der Waals surface area contributed by atoms with Gasteiger partial charge in [0.1, 0.15) is 6.10 Å². The molecule has 0 spiro atoms. The van der Waals surface area contributed by atoms with Gasteiger partial charge in [-0.3, -0.25) is 0 Å². The molecule has 0 saturated carbocycles. The van der Waals surface area contributed by atoms with Gasteiger partial charge in [0.05, 0.1) is 0 Å². The zero-order valence-electron chi connectivity index (χ0n) is 17.5. The van der Waals surface area contributed by atoms with Crippen LogP contribution in [-0.2, 0) is 0 Å². The molecule has 0 amide bonds. The summed E-state index contributed by atoms with van der Waals surface area (Å²) < 4.78 is 328. The molecule has 0 radical (unpaired) electrons. The van der Waals surface area contributed by atoms with Crippen LogP contribution in [0.5, 0.6) is 0 Å². The summed E-state index contributed by atoms with van der Waals surface area (Å²) in [4.78, 5) is 0. The fraction of sp³-hybridized carbons (Fsp3) is 1.00. The molecule has 1 nitrogen and oxygen atoms in total. The quantitative estimate of drug-likeness (QED) is 0.223. The first-order valence-corrected chi connectivity index (χ1v) is 8.60. The molecule has 0 aromatic rings. The minimum Gasteiger partial charge on any atom is -0.387 e. The molecule has 40 heavy (non-hydrogen) atoms. The maximum atomic E-state index is 13.5. The van der Waals surface area contributed by atoms with E-state index in [4.69, 9.17) is 5.11 Å². The number of hydrogen-bond acceptors (Lipinski definition) is 1. The largest absolute Gasteiger partial charge is 0.460 e. The fourth-order valence-electron chi connectivity index (χ4n) is 2.23. The van der Waals surface area contributed by atoms with Crippen LogP contribution in [0.25, 0.3) is 0 Å². The van der Waals surface area contributed by atoms with Gasteiger partial charge in [0.15, 0.2) is 0 Å². The summed E-state index contributed by atoms with van der Waals surface area (Å²) in [5.41, 5.74) is 0. The molecule has 0 aliphatic rings. The summed E-state index contributed by atoms with van der Waals surface area (Å²) >= 11 is 0. The number of aliphatic hydroxyl groups excluding tert-OH is 1. The number of alkyl halides is 25. The van der Waals surface area contributed by atoms with Crippen LogP contribution in [0.4, 0.5) is 110 Å². The molecule has 0 aliphatic heterocycles. The highest BCUT2D eigenvalue weighted by Crippen LogP contribution is 2.67. The first kappa shape index (κ1) is 38.2. The SMILES string of the molecule is CC(O)C(F)(F)C(F)(F)C(F)(F)C(F)(F)C(F)(F)C(F)(F)C(F)(F)C(F)(F)C(F)(F)C(F)(F)C(F)(F)C(F)(F)F. The molecule has 242 valence electrons. The van der Waals surface area contributed by atoms with E-state index in [1.807, 2.05) is 0 Å². The Kier molecular flexibility index (Phi) is 8.70. The van der Waals surface area contributed by atoms with E-state index in [1.54, 1.807) is 0 Å². The predicted molar refractivity (Wildman–Crippen MR) is 72.2 cm³/mol. The maximum Gasteiger partial charge on any atom is 0.460 e. The van der Waals surface area contributed by atoms with Gasteiger partial charge in [0.2, 0.25) is 0 Å². The van der Waals surface area contributed by atoms with E-state index in [0.717, 1.165) is 0 Å². The predicted octanol–water partition coefficient (Wildman–Crippen LogP) is 7.92. The molecular weight excluding hydrogens is 659 g/mol. The van der Waals surface area contributed by atoms with Gasteiger partial charge in [-0.15, -0.1) is 0 Å². The minimum atomic E-state index is -9.61. The summed E-state index contributed by atoms with van der Waals surface area (Å²) in [6.07, 6.45) is -12.5. The Morgan fingerprint density at radius 3 is 0.600 bits per heavy atom. The Balaban J connectivity index is 7.35. The third-order valence-electron chi connectivity index (χ3n) is 4.85. The van der Waals surface area contributed by atoms with Crippen molar-refractivity contribution in [1.29, 1.82) is 0 Å². The summed E-state index contributed by atoms with van der Waals surface area (Å²) in [7, 11) is 0. The zero-order chi connectivity index (χ0) is 33.6. The van der Waals surface area contributed by atoms with E-state index >= 15 is 0 Å². The first-order chi connectivity index (χ1) is 16.7. The van der Waals surface area contributed by atoms with E-state index in [-0.39, 0.29) is 0 Å². The summed E-state index contributed by atoms with van der Waals surface area (Å²) in [6.45, 7) is -0.692. The van der Waals surface area contributed by atoms with E-state index in [1.165, 1.54) is 0 Å². The third-order valence-corrected chi connectivity index (χ3v) is 4.85. The summed E-state index contributed by atoms with van der Waals surface area (Å²) in [6, 6.07) is 0. The number of aliphatic hydroxyl groups is 1. The van der Waals surface area contributed by atoms with E-state index < -0.39 is 84.4 Å². The number of rotatable bonds is 11. The van der Waals surface area contributed by atoms with Crippen LogP contribution in [0.15, 0.2) is 0 Å². The lowest BCUT2D eigenvalue weighted by atomic mass is 9.84. The Morgan fingerprint density at radius 2 is 0.450 bits per heavy atom. The smallest absolute Gasteiger partial charge is 0.387 e. The zero-order valence-corrected chi connectivity index (χ0v) is 17.5. The molecule has 0 saturated heterocycles. The van der Waals surface area contributed by atoms with Gasteiger partial charge in [0, 0.05) is 0 Å². The van der Waals surface area contributed by atoms with Crippen molar-refractivity contribution in [2.24, 2.45) is 0 Å². The molecule has 0 aromatic carbocycles. The van der Waals surface area contributed by atoms with Gasteiger partial charge < -0.3 is 5.11 Å². The molecule has 0 bridgehead atoms. The number of halogens is 25. The molecule has 0 aromatic heterocycles. The number of hydrogen-bond donors (Lipinski definition) is 1. The normalized spacial score (nSPS) is 17.8. The van der Waals surface area contributed by atoms with E-state index in [2.05, 4.69) is 0 Å². The molecule has 0 fully saturated rings. The second kappa shape index (κ2) is 9.10. The van der Waals surface area contributed by atoms with Gasteiger partial charge in [-0.25, -0.2) is 0 Å². The van der Waals surface area contributed by atoms with Crippen LogP contribution in [0.2, 0.25) is 0 Å². The minimum absolute atomic E-state index is 0.692. The highest BCUT2D eigenvalue weighted by atomic mass is 19.4. The van der Waals surface area contributed by atoms with E-state index in [0.29, 0.717) is 0 Å². The van der Waals surface area contributed by atoms with Crippen molar-refractivity contribution in [2.45, 2.75) is 84.4 Å². The molecule has 1 N–H and O–H groups in total. The van der Waals surface area contributed by atoms with Gasteiger partial charge >= 0.3 is 71.3 Å². The van der Waals surface area contributed by atoms with Crippen LogP contribution < -0.4 is 0 Å². The summed E-state index contributed by atoms with van der Waals surface area (Å²) in [5, 5.41) is 8.27. The molecule has 1 atom stereocenters. The third kappa shape index (κ3) is 4.21. The monoisotopic (exact) mass is 664 g/mol. The molecule has 0 rings (SSSR count). The van der Waals surface area contributed by atoms with Crippen molar-refractivity contribution in [2.75, 3.05) is 0 Å². The lowest BCUT2D eigenvalue weighted by Crippen LogP contribution is -2.78. The highest BCUT2D eigenvalue weighted by molar-refractivity contribution is 5.20. The Morgan fingerprint density at radius 1 is 0.300 bits per heavy atom. The van der Waals surface area contributed by atoms with Crippen molar-refractivity contribution in [1.82, 2.24) is 0 Å². The lowest BCUT2D eigenvalue weighted by molar-refractivity contribution is -0.482. The second-order valence-corrected chi connectivity index (χ2v) is 7.54. The van der Waals surface area contributed by atoms with Gasteiger partial charge in [-0.1, -0.05) is 0 Å². The van der Waals surface area contributed by atoms with Gasteiger partial charge in [0.25, 0.3) is 0 Å². The molecule has 26 heteroatoms. The first-order valence-electron chi connectivity index (χ1n) is 8.60. The Hall–Kier alpha value is -1.79. The van der Waals surface area contributed by atoms with Crippen molar-refractivity contribution in [3.63, 3.8) is 0 Å². The molecule has 1 unspecified atom stereocenters. The van der Waals surface area contributed by atoms with Crippen LogP contribution >= 0.6 is 0 Å². The van der Waals surface area contributed by atoms with Crippen molar-refractivity contribution in [3.8, 4) is 0 Å². The van der Waals surface area contributed by atoms with Crippen molar-refractivity contribution >= 4 is 0 Å². The standard InChI is InChI=1S/C14H5F25O/c1-2(40)3(15,16)4(17,18)5(19,20)6(21,22)7(23,24)8(25,26)9(27,28)10(29,30)11(31,32)12(33,34)13(35,36)14(37,38)39/h2,40H,1H3. The average molecular weight is 664 g/mol. The second-order valence-electron chi connectivity index (χ2n) is 7.54. The average Bonchev–Trinajstić information content (AvgIpc) is 2.71. The highest BCUT2D eigenvalue weighted by Gasteiger charge is 2.99. The van der Waals surface area contributed by atoms with Crippen LogP contribution in [0.1, 0.15) is 6.92 Å². The van der Waals surface area contributed by atoms with Gasteiger partial charge in [-0.05, 0) is 6.92 Å². The molecular formula is C14H5F25O. The Bertz CT molecular complexity index is 922. The van der Waals surface area contributed by atoms with Crippen molar-refractivity contribution < 1.29 is 115 Å². The maximum absolute atomic E-state index is 13.5. The van der Waals surface area contributed by atoms with Crippen LogP contribution in [0, 0.1) is 0 Å². The summed E-state index contributed by atoms with van der Waals surface area (Å²) in [5.74, 6) is -99.0. The van der Waals surface area contributed by atoms with Crippen molar-refractivity contribution in [3.05, 3.63) is 0 Å². The van der Waals surface area contributed by atoms with Gasteiger partial charge in [-0.2, -0.15) is 110 Å². The van der Waals surface area contributed by atoms with Crippen LogP contribution in [-0.4, -0.2) is 82.5 Å². The Labute approximate surface area is 200 Å². The van der Waals surface area contributed by atoms with E-state index in [9.17, 15) is 110 Å². The fourth-order valence-corrected chi connectivity index (χ4v) is 2.23. The van der Waals surface area contributed by atoms with Crippen LogP contribution in [0.3, 0.4) is 0 Å². The topological polar surface area (TPSA) is 20.2 Å².